The van der Waals surface area contributed by atoms with Gasteiger partial charge >= 0.3 is 18.1 Å². The van der Waals surface area contributed by atoms with E-state index >= 15 is 0 Å². The van der Waals surface area contributed by atoms with Gasteiger partial charge in [-0.2, -0.15) is 26.3 Å². The van der Waals surface area contributed by atoms with Crippen molar-refractivity contribution in [3.05, 3.63) is 70.8 Å². The van der Waals surface area contributed by atoms with E-state index in [9.17, 15) is 36.2 Å². The van der Waals surface area contributed by atoms with E-state index in [4.69, 9.17) is 0 Å². The number of nitrogens with zero attached hydrogens (tertiary/aromatic N) is 1. The molecule has 0 spiro atoms. The van der Waals surface area contributed by atoms with E-state index in [0.717, 1.165) is 12.1 Å². The fourth-order valence-corrected chi connectivity index (χ4v) is 2.75. The third-order valence-corrected chi connectivity index (χ3v) is 4.37. The number of alkyl halides is 6. The first-order valence-corrected chi connectivity index (χ1v) is 8.48. The van der Waals surface area contributed by atoms with Crippen LogP contribution in [0.1, 0.15) is 33.5 Å². The molecule has 1 aliphatic rings. The van der Waals surface area contributed by atoms with Gasteiger partial charge in [-0.05, 0) is 23.3 Å². The van der Waals surface area contributed by atoms with Crippen LogP contribution in [0.3, 0.4) is 0 Å². The molecule has 30 heavy (non-hydrogen) atoms. The highest BCUT2D eigenvalue weighted by Crippen LogP contribution is 2.39. The number of hydrogen-bond donors (Lipinski definition) is 2. The van der Waals surface area contributed by atoms with Crippen molar-refractivity contribution in [1.29, 1.82) is 0 Å². The van der Waals surface area contributed by atoms with Gasteiger partial charge in [0, 0.05) is 6.54 Å². The lowest BCUT2D eigenvalue weighted by Gasteiger charge is -2.22. The highest BCUT2D eigenvalue weighted by atomic mass is 19.4. The predicted octanol–water partition coefficient (Wildman–Crippen LogP) is 4.01. The van der Waals surface area contributed by atoms with Crippen LogP contribution < -0.4 is 5.32 Å². The second kappa shape index (κ2) is 7.63. The van der Waals surface area contributed by atoms with Crippen LogP contribution in [-0.2, 0) is 17.6 Å². The van der Waals surface area contributed by atoms with Crippen molar-refractivity contribution in [3.8, 4) is 0 Å². The molecule has 0 saturated carbocycles. The van der Waals surface area contributed by atoms with E-state index in [1.807, 2.05) is 0 Å². The Kier molecular flexibility index (Phi) is 5.50. The maximum Gasteiger partial charge on any atom is 0.458 e. The molecule has 0 radical (unpaired) electrons. The summed E-state index contributed by atoms with van der Waals surface area (Å²) >= 11 is 0. The Morgan fingerprint density at radius 1 is 1.07 bits per heavy atom. The van der Waals surface area contributed by atoms with Crippen LogP contribution in [0.15, 0.2) is 53.7 Å². The molecule has 1 unspecified atom stereocenters. The van der Waals surface area contributed by atoms with Crippen LogP contribution in [0.5, 0.6) is 0 Å². The molecule has 2 aromatic rings. The van der Waals surface area contributed by atoms with Crippen LogP contribution in [0.4, 0.5) is 26.3 Å². The lowest BCUT2D eigenvalue weighted by molar-refractivity contribution is -0.355. The molecule has 0 aliphatic carbocycles. The number of hydrogen-bond acceptors (Lipinski definition) is 4. The average Bonchev–Trinajstić information content (AvgIpc) is 3.09. The van der Waals surface area contributed by atoms with E-state index < -0.39 is 41.6 Å². The van der Waals surface area contributed by atoms with Gasteiger partial charge in [0.1, 0.15) is 0 Å². The monoisotopic (exact) mass is 432 g/mol. The summed E-state index contributed by atoms with van der Waals surface area (Å²) in [5.74, 6) is -4.31. The summed E-state index contributed by atoms with van der Waals surface area (Å²) < 4.78 is 77.3. The van der Waals surface area contributed by atoms with Crippen molar-refractivity contribution in [2.75, 3.05) is 0 Å². The third kappa shape index (κ3) is 4.40. The molecule has 1 atom stereocenters. The van der Waals surface area contributed by atoms with E-state index in [2.05, 4.69) is 15.3 Å². The van der Waals surface area contributed by atoms with Crippen LogP contribution >= 0.6 is 0 Å². The minimum absolute atomic E-state index is 0.110. The second-order valence-corrected chi connectivity index (χ2v) is 6.51. The van der Waals surface area contributed by atoms with Crippen molar-refractivity contribution < 1.29 is 41.1 Å². The first kappa shape index (κ1) is 21.6. The zero-order chi connectivity index (χ0) is 22.2. The summed E-state index contributed by atoms with van der Waals surface area (Å²) in [6.07, 6.45) is -10.6. The molecule has 0 fully saturated rings. The quantitative estimate of drug-likeness (QED) is 0.718. The Balaban J connectivity index is 1.65. The fraction of sp³-hybridized carbons (Fsp3) is 0.263. The number of amides is 1. The van der Waals surface area contributed by atoms with E-state index in [1.54, 1.807) is 0 Å². The van der Waals surface area contributed by atoms with Gasteiger partial charge in [0.2, 0.25) is 0 Å². The lowest BCUT2D eigenvalue weighted by Crippen LogP contribution is -2.45. The van der Waals surface area contributed by atoms with Gasteiger partial charge in [-0.15, -0.1) is 0 Å². The summed E-state index contributed by atoms with van der Waals surface area (Å²) in [5, 5.41) is 15.1. The van der Waals surface area contributed by atoms with Gasteiger partial charge < -0.3 is 15.3 Å². The molecule has 2 N–H and O–H groups in total. The molecular formula is C19H14F6N2O3. The highest BCUT2D eigenvalue weighted by Gasteiger charge is 2.60. The highest BCUT2D eigenvalue weighted by molar-refractivity contribution is 6.01. The standard InChI is InChI=1S/C19H14F6N2O3/c20-18(21,22)14-4-2-1-3-13(14)16(28)26-10-11-5-7-12(8-6-11)15-9-17(29,30-27-15)19(23,24)25/h1-8,29H,9-10H2,(H,26,28). The van der Waals surface area contributed by atoms with E-state index in [-0.39, 0.29) is 17.8 Å². The van der Waals surface area contributed by atoms with Crippen molar-refractivity contribution in [2.45, 2.75) is 31.1 Å². The minimum atomic E-state index is -5.02. The molecule has 5 nitrogen and oxygen atoms in total. The van der Waals surface area contributed by atoms with Crippen molar-refractivity contribution in [3.63, 3.8) is 0 Å². The van der Waals surface area contributed by atoms with Crippen molar-refractivity contribution in [2.24, 2.45) is 5.16 Å². The van der Waals surface area contributed by atoms with Gasteiger partial charge in [0.05, 0.1) is 23.3 Å². The number of nitrogens with one attached hydrogen (secondary N) is 1. The molecule has 2 aromatic carbocycles. The number of carbonyl (C=O) groups is 1. The normalized spacial score (nSPS) is 19.2. The summed E-state index contributed by atoms with van der Waals surface area (Å²) in [6.45, 7) is -0.110. The number of benzene rings is 2. The molecule has 160 valence electrons. The molecule has 11 heteroatoms. The first-order chi connectivity index (χ1) is 13.9. The molecule has 1 heterocycles. The van der Waals surface area contributed by atoms with Gasteiger partial charge in [-0.1, -0.05) is 41.6 Å². The number of carbonyl (C=O) groups excluding carboxylic acids is 1. The smallest absolute Gasteiger partial charge is 0.350 e. The van der Waals surface area contributed by atoms with Crippen molar-refractivity contribution in [1.82, 2.24) is 5.32 Å². The molecule has 1 amide bonds. The van der Waals surface area contributed by atoms with Gasteiger partial charge in [0.25, 0.3) is 5.91 Å². The summed E-state index contributed by atoms with van der Waals surface area (Å²) in [5.41, 5.74) is -0.959. The molecule has 1 aliphatic heterocycles. The first-order valence-electron chi connectivity index (χ1n) is 8.48. The third-order valence-electron chi connectivity index (χ3n) is 4.37. The molecule has 0 aromatic heterocycles. The SMILES string of the molecule is O=C(NCc1ccc(C2=NOC(O)(C(F)(F)F)C2)cc1)c1ccccc1C(F)(F)F. The Bertz CT molecular complexity index is 969. The topological polar surface area (TPSA) is 70.9 Å². The van der Waals surface area contributed by atoms with Crippen LogP contribution in [0.25, 0.3) is 0 Å². The summed E-state index contributed by atoms with van der Waals surface area (Å²) in [6, 6.07) is 10.1. The maximum atomic E-state index is 13.0. The predicted molar refractivity (Wildman–Crippen MR) is 92.3 cm³/mol. The summed E-state index contributed by atoms with van der Waals surface area (Å²) in [4.78, 5) is 16.3. The largest absolute Gasteiger partial charge is 0.458 e. The second-order valence-electron chi connectivity index (χ2n) is 6.51. The molecule has 0 saturated heterocycles. The zero-order valence-electron chi connectivity index (χ0n) is 15.0. The number of oxime groups is 1. The summed E-state index contributed by atoms with van der Waals surface area (Å²) in [7, 11) is 0. The van der Waals surface area contributed by atoms with Crippen LogP contribution in [0.2, 0.25) is 0 Å². The number of halogens is 6. The number of aliphatic hydroxyl groups is 1. The van der Waals surface area contributed by atoms with Gasteiger partial charge in [-0.3, -0.25) is 4.79 Å². The fourth-order valence-electron chi connectivity index (χ4n) is 2.75. The Hall–Kier alpha value is -3.08. The van der Waals surface area contributed by atoms with E-state index in [1.165, 1.54) is 36.4 Å². The molecule has 3 rings (SSSR count). The van der Waals surface area contributed by atoms with E-state index in [0.29, 0.717) is 5.56 Å². The Morgan fingerprint density at radius 3 is 2.27 bits per heavy atom. The van der Waals surface area contributed by atoms with Gasteiger partial charge in [0.15, 0.2) is 0 Å². The molecular weight excluding hydrogens is 418 g/mol. The average molecular weight is 432 g/mol. The lowest BCUT2D eigenvalue weighted by atomic mass is 10.0. The Labute approximate surface area is 165 Å². The minimum Gasteiger partial charge on any atom is -0.350 e. The Morgan fingerprint density at radius 2 is 1.70 bits per heavy atom. The van der Waals surface area contributed by atoms with Crippen LogP contribution in [-0.4, -0.2) is 28.7 Å². The van der Waals surface area contributed by atoms with Crippen LogP contribution in [0, 0.1) is 0 Å². The molecule has 0 bridgehead atoms. The van der Waals surface area contributed by atoms with Gasteiger partial charge in [-0.25, -0.2) is 0 Å². The zero-order valence-corrected chi connectivity index (χ0v) is 15.0. The maximum absolute atomic E-state index is 13.0. The van der Waals surface area contributed by atoms with Crippen molar-refractivity contribution >= 4 is 11.6 Å². The number of rotatable bonds is 4.